The number of rotatable bonds is 3. The van der Waals surface area contributed by atoms with Crippen molar-refractivity contribution in [3.8, 4) is 0 Å². The number of aliphatic hydroxyl groups is 1. The third-order valence-corrected chi connectivity index (χ3v) is 1.19. The molecule has 0 saturated carbocycles. The molecule has 0 aliphatic heterocycles. The monoisotopic (exact) mass is 126 g/mol. The zero-order valence-corrected chi connectivity index (χ0v) is 6.15. The first-order valence-corrected chi connectivity index (χ1v) is 3.35. The van der Waals surface area contributed by atoms with Gasteiger partial charge in [-0.1, -0.05) is 6.92 Å². The van der Waals surface area contributed by atoms with Crippen LogP contribution in [0.3, 0.4) is 0 Å². The Labute approximate surface area is 56.7 Å². The molecule has 0 aromatic carbocycles. The largest absolute Gasteiger partial charge is 0.396 e. The highest BCUT2D eigenvalue weighted by atomic mass is 16.2. The summed E-state index contributed by atoms with van der Waals surface area (Å²) in [5.74, 6) is 0. The molecule has 0 fully saturated rings. The lowest BCUT2D eigenvalue weighted by atomic mass is 10.1. The van der Waals surface area contributed by atoms with E-state index in [1.165, 1.54) is 5.57 Å². The van der Waals surface area contributed by atoms with Crippen LogP contribution in [-0.4, -0.2) is 11.7 Å². The highest BCUT2D eigenvalue weighted by molar-refractivity contribution is 4.99. The van der Waals surface area contributed by atoms with Crippen molar-refractivity contribution >= 4 is 0 Å². The van der Waals surface area contributed by atoms with Gasteiger partial charge in [0.15, 0.2) is 0 Å². The molecule has 0 atom stereocenters. The minimum absolute atomic E-state index is 0.240. The van der Waals surface area contributed by atoms with Crippen LogP contribution < -0.4 is 0 Å². The quantitative estimate of drug-likeness (QED) is 0.572. The molecule has 1 nitrogen and oxygen atoms in total. The van der Waals surface area contributed by atoms with Gasteiger partial charge in [0, 0.05) is 6.61 Å². The Bertz CT molecular complexity index is 119. The van der Waals surface area contributed by atoms with Crippen molar-refractivity contribution in [2.75, 3.05) is 6.61 Å². The minimum Gasteiger partial charge on any atom is -0.396 e. The molecule has 0 aliphatic rings. The van der Waals surface area contributed by atoms with Gasteiger partial charge in [0.05, 0.1) is 0 Å². The summed E-state index contributed by atoms with van der Waals surface area (Å²) in [6.45, 7) is 4.25. The van der Waals surface area contributed by atoms with Gasteiger partial charge < -0.3 is 5.11 Å². The van der Waals surface area contributed by atoms with E-state index in [-0.39, 0.29) is 6.61 Å². The molecule has 0 radical (unpaired) electrons. The molecule has 0 spiro atoms. The zero-order chi connectivity index (χ0) is 7.11. The van der Waals surface area contributed by atoms with E-state index in [1.54, 1.807) is 0 Å². The molecular weight excluding hydrogens is 112 g/mol. The third-order valence-electron chi connectivity index (χ3n) is 1.19. The van der Waals surface area contributed by atoms with E-state index >= 15 is 0 Å². The predicted octanol–water partition coefficient (Wildman–Crippen LogP) is 1.88. The van der Waals surface area contributed by atoms with Crippen LogP contribution in [0.1, 0.15) is 26.7 Å². The first-order chi connectivity index (χ1) is 4.35. The molecule has 1 heteroatoms. The van der Waals surface area contributed by atoms with E-state index in [1.807, 2.05) is 13.0 Å². The lowest BCUT2D eigenvalue weighted by Crippen LogP contribution is -1.84. The number of hydrogen-bond donors (Lipinski definition) is 1. The summed E-state index contributed by atoms with van der Waals surface area (Å²) in [6, 6.07) is 0. The highest BCUT2D eigenvalue weighted by Crippen LogP contribution is 2.01. The minimum atomic E-state index is 0.240. The average molecular weight is 126 g/mol. The Morgan fingerprint density at radius 2 is 2.33 bits per heavy atom. The van der Waals surface area contributed by atoms with Crippen molar-refractivity contribution in [1.82, 2.24) is 0 Å². The zero-order valence-electron chi connectivity index (χ0n) is 6.15. The van der Waals surface area contributed by atoms with Crippen molar-refractivity contribution in [2.24, 2.45) is 0 Å². The van der Waals surface area contributed by atoms with Crippen LogP contribution in [0.15, 0.2) is 17.4 Å². The summed E-state index contributed by atoms with van der Waals surface area (Å²) in [7, 11) is 0. The summed E-state index contributed by atoms with van der Waals surface area (Å²) in [5, 5.41) is 8.52. The van der Waals surface area contributed by atoms with E-state index in [2.05, 4.69) is 12.7 Å². The first kappa shape index (κ1) is 8.48. The normalized spacial score (nSPS) is 8.33. The van der Waals surface area contributed by atoms with Crippen molar-refractivity contribution in [2.45, 2.75) is 26.7 Å². The van der Waals surface area contributed by atoms with Gasteiger partial charge in [-0.15, -0.1) is 5.73 Å². The average Bonchev–Trinajstić information content (AvgIpc) is 1.88. The lowest BCUT2D eigenvalue weighted by Gasteiger charge is -1.94. The van der Waals surface area contributed by atoms with Crippen LogP contribution in [0.25, 0.3) is 0 Å². The fraction of sp³-hybridized carbons (Fsp3) is 0.625. The Hall–Kier alpha value is -0.520. The molecule has 1 N–H and O–H groups in total. The molecule has 9 heavy (non-hydrogen) atoms. The maximum atomic E-state index is 8.52. The number of aliphatic hydroxyl groups excluding tert-OH is 1. The van der Waals surface area contributed by atoms with E-state index in [4.69, 9.17) is 5.11 Å². The molecule has 0 rings (SSSR count). The van der Waals surface area contributed by atoms with Gasteiger partial charge >= 0.3 is 0 Å². The molecule has 0 aromatic rings. The Morgan fingerprint density at radius 1 is 1.67 bits per heavy atom. The summed E-state index contributed by atoms with van der Waals surface area (Å²) in [6.07, 6.45) is 3.64. The van der Waals surface area contributed by atoms with Crippen molar-refractivity contribution < 1.29 is 5.11 Å². The third kappa shape index (κ3) is 4.01. The first-order valence-electron chi connectivity index (χ1n) is 3.35. The SMILES string of the molecule is CC=C=C(CC)CCO. The van der Waals surface area contributed by atoms with Gasteiger partial charge in [-0.2, -0.15) is 0 Å². The van der Waals surface area contributed by atoms with Gasteiger partial charge in [-0.3, -0.25) is 0 Å². The molecular formula is C8H14O. The van der Waals surface area contributed by atoms with Crippen LogP contribution in [0, 0.1) is 0 Å². The van der Waals surface area contributed by atoms with Crippen molar-refractivity contribution in [1.29, 1.82) is 0 Å². The van der Waals surface area contributed by atoms with Crippen LogP contribution in [0.2, 0.25) is 0 Å². The van der Waals surface area contributed by atoms with E-state index in [0.29, 0.717) is 0 Å². The van der Waals surface area contributed by atoms with Crippen molar-refractivity contribution in [3.05, 3.63) is 17.4 Å². The smallest absolute Gasteiger partial charge is 0.0474 e. The predicted molar refractivity (Wildman–Crippen MR) is 39.3 cm³/mol. The lowest BCUT2D eigenvalue weighted by molar-refractivity contribution is 0.298. The second kappa shape index (κ2) is 5.61. The molecule has 0 amide bonds. The van der Waals surface area contributed by atoms with Crippen molar-refractivity contribution in [3.63, 3.8) is 0 Å². The molecule has 0 heterocycles. The van der Waals surface area contributed by atoms with Gasteiger partial charge in [0.2, 0.25) is 0 Å². The highest BCUT2D eigenvalue weighted by Gasteiger charge is 1.88. The summed E-state index contributed by atoms with van der Waals surface area (Å²) in [5.41, 5.74) is 4.26. The summed E-state index contributed by atoms with van der Waals surface area (Å²) in [4.78, 5) is 0. The molecule has 0 bridgehead atoms. The fourth-order valence-electron chi connectivity index (χ4n) is 0.690. The Kier molecular flexibility index (Phi) is 5.29. The van der Waals surface area contributed by atoms with Gasteiger partial charge in [-0.05, 0) is 31.4 Å². The van der Waals surface area contributed by atoms with Crippen LogP contribution in [-0.2, 0) is 0 Å². The standard InChI is InChI=1S/C8H14O/c1-3-5-8(4-2)6-7-9/h3,9H,4,6-7H2,1-2H3. The van der Waals surface area contributed by atoms with Crippen LogP contribution in [0.5, 0.6) is 0 Å². The van der Waals surface area contributed by atoms with Gasteiger partial charge in [0.1, 0.15) is 0 Å². The van der Waals surface area contributed by atoms with Crippen LogP contribution >= 0.6 is 0 Å². The maximum absolute atomic E-state index is 8.52. The molecule has 0 saturated heterocycles. The van der Waals surface area contributed by atoms with E-state index < -0.39 is 0 Å². The second-order valence-electron chi connectivity index (χ2n) is 1.86. The fourth-order valence-corrected chi connectivity index (χ4v) is 0.690. The number of hydrogen-bond acceptors (Lipinski definition) is 1. The maximum Gasteiger partial charge on any atom is 0.0474 e. The molecule has 52 valence electrons. The topological polar surface area (TPSA) is 20.2 Å². The summed E-state index contributed by atoms with van der Waals surface area (Å²) < 4.78 is 0. The van der Waals surface area contributed by atoms with Crippen LogP contribution in [0.4, 0.5) is 0 Å². The van der Waals surface area contributed by atoms with E-state index in [0.717, 1.165) is 12.8 Å². The summed E-state index contributed by atoms with van der Waals surface area (Å²) >= 11 is 0. The van der Waals surface area contributed by atoms with Gasteiger partial charge in [0.25, 0.3) is 0 Å². The van der Waals surface area contributed by atoms with Gasteiger partial charge in [-0.25, -0.2) is 0 Å². The molecule has 0 aromatic heterocycles. The Morgan fingerprint density at radius 3 is 2.67 bits per heavy atom. The molecule has 0 unspecified atom stereocenters. The van der Waals surface area contributed by atoms with E-state index in [9.17, 15) is 0 Å². The Balaban J connectivity index is 3.83. The second-order valence-corrected chi connectivity index (χ2v) is 1.86. The molecule has 0 aliphatic carbocycles.